The van der Waals surface area contributed by atoms with E-state index in [0.29, 0.717) is 24.2 Å². The van der Waals surface area contributed by atoms with E-state index in [9.17, 15) is 14.0 Å². The van der Waals surface area contributed by atoms with Gasteiger partial charge in [-0.2, -0.15) is 10.2 Å². The Balaban J connectivity index is 1.53. The maximum absolute atomic E-state index is 13.6. The van der Waals surface area contributed by atoms with Gasteiger partial charge in [0.1, 0.15) is 23.9 Å². The van der Waals surface area contributed by atoms with Crippen LogP contribution in [0.2, 0.25) is 0 Å². The van der Waals surface area contributed by atoms with Crippen LogP contribution in [0, 0.1) is 17.1 Å². The van der Waals surface area contributed by atoms with Crippen molar-refractivity contribution in [1.29, 1.82) is 5.26 Å². The molecule has 1 aliphatic carbocycles. The summed E-state index contributed by atoms with van der Waals surface area (Å²) >= 11 is 0. The average molecular weight is 437 g/mol. The van der Waals surface area contributed by atoms with Crippen molar-refractivity contribution in [2.45, 2.75) is 18.9 Å². The van der Waals surface area contributed by atoms with Crippen LogP contribution in [0.1, 0.15) is 39.6 Å². The normalized spacial score (nSPS) is 14.5. The summed E-state index contributed by atoms with van der Waals surface area (Å²) < 4.78 is 21.9. The standard InChI is InChI=1S/C21H20FN7O3/c1-27-10-15-14(18(27)19(30)25-13-4-6-16(22)12(8-13)9-23)5-7-17(15)29(3)21(31)32-20-24-11-28(2)26-20/h4,6,8,10-11,17H,5,7H2,1-3H3,(H,25,30). The molecule has 1 aliphatic rings. The Morgan fingerprint density at radius 2 is 2.16 bits per heavy atom. The van der Waals surface area contributed by atoms with Crippen LogP contribution in [0.15, 0.2) is 30.7 Å². The van der Waals surface area contributed by atoms with Gasteiger partial charge in [0.25, 0.3) is 5.91 Å². The monoisotopic (exact) mass is 437 g/mol. The number of ether oxygens (including phenoxy) is 1. The number of hydrogen-bond acceptors (Lipinski definition) is 6. The molecule has 0 fully saturated rings. The molecule has 2 aromatic heterocycles. The first-order chi connectivity index (χ1) is 15.3. The van der Waals surface area contributed by atoms with Gasteiger partial charge in [0.05, 0.1) is 11.6 Å². The Bertz CT molecular complexity index is 1260. The summed E-state index contributed by atoms with van der Waals surface area (Å²) in [5, 5.41) is 15.6. The fraction of sp³-hybridized carbons (Fsp3) is 0.286. The van der Waals surface area contributed by atoms with E-state index in [4.69, 9.17) is 10.00 Å². The van der Waals surface area contributed by atoms with Crippen molar-refractivity contribution in [3.8, 4) is 12.1 Å². The second-order valence-electron chi connectivity index (χ2n) is 7.52. The first-order valence-corrected chi connectivity index (χ1v) is 9.78. The molecule has 3 aromatic rings. The number of aryl methyl sites for hydroxylation is 2. The fourth-order valence-corrected chi connectivity index (χ4v) is 3.91. The second kappa shape index (κ2) is 8.14. The highest BCUT2D eigenvalue weighted by Gasteiger charge is 2.35. The lowest BCUT2D eigenvalue weighted by Gasteiger charge is -2.23. The second-order valence-corrected chi connectivity index (χ2v) is 7.52. The summed E-state index contributed by atoms with van der Waals surface area (Å²) in [7, 11) is 5.03. The van der Waals surface area contributed by atoms with Crippen LogP contribution in [-0.4, -0.2) is 43.3 Å². The highest BCUT2D eigenvalue weighted by Crippen LogP contribution is 2.38. The zero-order chi connectivity index (χ0) is 23.0. The minimum absolute atomic E-state index is 0.0354. The molecule has 32 heavy (non-hydrogen) atoms. The predicted molar refractivity (Wildman–Crippen MR) is 110 cm³/mol. The van der Waals surface area contributed by atoms with Gasteiger partial charge in [-0.3, -0.25) is 9.48 Å². The lowest BCUT2D eigenvalue weighted by atomic mass is 10.1. The summed E-state index contributed by atoms with van der Waals surface area (Å²) in [6.07, 6.45) is 3.87. The zero-order valence-corrected chi connectivity index (χ0v) is 17.7. The minimum Gasteiger partial charge on any atom is -0.373 e. The molecule has 1 N–H and O–H groups in total. The van der Waals surface area contributed by atoms with Crippen LogP contribution in [0.4, 0.5) is 14.9 Å². The maximum Gasteiger partial charge on any atom is 0.417 e. The Hall–Kier alpha value is -4.20. The van der Waals surface area contributed by atoms with Crippen molar-refractivity contribution in [3.05, 3.63) is 58.9 Å². The third-order valence-corrected chi connectivity index (χ3v) is 5.42. The number of hydrogen-bond donors (Lipinski definition) is 1. The number of fused-ring (bicyclic) bond motifs is 1. The molecule has 0 radical (unpaired) electrons. The number of nitrogens with zero attached hydrogens (tertiary/aromatic N) is 6. The van der Waals surface area contributed by atoms with E-state index in [2.05, 4.69) is 15.4 Å². The number of carbonyl (C=O) groups is 2. The Morgan fingerprint density at radius 1 is 1.38 bits per heavy atom. The molecule has 0 spiro atoms. The van der Waals surface area contributed by atoms with Crippen molar-refractivity contribution in [3.63, 3.8) is 0 Å². The molecule has 0 aliphatic heterocycles. The van der Waals surface area contributed by atoms with Gasteiger partial charge in [-0.15, -0.1) is 5.10 Å². The molecule has 10 nitrogen and oxygen atoms in total. The molecule has 1 atom stereocenters. The van der Waals surface area contributed by atoms with Gasteiger partial charge < -0.3 is 19.5 Å². The number of anilines is 1. The van der Waals surface area contributed by atoms with Gasteiger partial charge in [0, 0.05) is 33.0 Å². The van der Waals surface area contributed by atoms with Gasteiger partial charge in [-0.1, -0.05) is 0 Å². The number of rotatable bonds is 4. The van der Waals surface area contributed by atoms with E-state index in [0.717, 1.165) is 17.2 Å². The number of nitrogens with one attached hydrogen (secondary N) is 1. The summed E-state index contributed by atoms with van der Waals surface area (Å²) in [6, 6.07) is 5.26. The summed E-state index contributed by atoms with van der Waals surface area (Å²) in [4.78, 5) is 30.9. The van der Waals surface area contributed by atoms with E-state index < -0.39 is 11.9 Å². The lowest BCUT2D eigenvalue weighted by molar-refractivity contribution is 0.101. The molecule has 4 rings (SSSR count). The lowest BCUT2D eigenvalue weighted by Crippen LogP contribution is -2.32. The largest absolute Gasteiger partial charge is 0.417 e. The Kier molecular flexibility index (Phi) is 5.36. The van der Waals surface area contributed by atoms with E-state index in [1.54, 1.807) is 31.8 Å². The highest BCUT2D eigenvalue weighted by atomic mass is 19.1. The number of nitriles is 1. The van der Waals surface area contributed by atoms with E-state index in [1.807, 2.05) is 6.20 Å². The smallest absolute Gasteiger partial charge is 0.373 e. The molecule has 11 heteroatoms. The van der Waals surface area contributed by atoms with Crippen molar-refractivity contribution < 1.29 is 18.7 Å². The van der Waals surface area contributed by atoms with Gasteiger partial charge in [0.2, 0.25) is 0 Å². The molecule has 2 heterocycles. The maximum atomic E-state index is 13.6. The summed E-state index contributed by atoms with van der Waals surface area (Å²) in [6.45, 7) is 0. The molecule has 0 saturated heterocycles. The quantitative estimate of drug-likeness (QED) is 0.670. The molecule has 1 aromatic carbocycles. The van der Waals surface area contributed by atoms with Crippen LogP contribution in [0.3, 0.4) is 0 Å². The number of halogens is 1. The molecular weight excluding hydrogens is 417 g/mol. The number of aromatic nitrogens is 4. The van der Waals surface area contributed by atoms with Gasteiger partial charge in [-0.25, -0.2) is 9.18 Å². The SMILES string of the molecule is CN(C(=O)Oc1ncn(C)n1)C1CCc2c1cn(C)c2C(=O)Nc1ccc(F)c(C#N)c1. The van der Waals surface area contributed by atoms with E-state index in [-0.39, 0.29) is 23.5 Å². The Morgan fingerprint density at radius 3 is 2.84 bits per heavy atom. The molecule has 164 valence electrons. The van der Waals surface area contributed by atoms with Crippen LogP contribution in [-0.2, 0) is 20.5 Å². The topological polar surface area (TPSA) is 118 Å². The summed E-state index contributed by atoms with van der Waals surface area (Å²) in [5.41, 5.74) is 2.29. The van der Waals surface area contributed by atoms with Gasteiger partial charge in [-0.05, 0) is 42.2 Å². The third-order valence-electron chi connectivity index (χ3n) is 5.42. The first kappa shape index (κ1) is 21.0. The zero-order valence-electron chi connectivity index (χ0n) is 17.7. The highest BCUT2D eigenvalue weighted by molar-refractivity contribution is 6.04. The Labute approximate surface area is 182 Å². The van der Waals surface area contributed by atoms with E-state index >= 15 is 0 Å². The van der Waals surface area contributed by atoms with Gasteiger partial charge >= 0.3 is 12.1 Å². The molecule has 1 unspecified atom stereocenters. The van der Waals surface area contributed by atoms with Crippen LogP contribution in [0.5, 0.6) is 6.01 Å². The number of benzene rings is 1. The van der Waals surface area contributed by atoms with Crippen molar-refractivity contribution >= 4 is 17.7 Å². The number of amides is 2. The average Bonchev–Trinajstić information content (AvgIpc) is 3.43. The van der Waals surface area contributed by atoms with Crippen molar-refractivity contribution in [2.75, 3.05) is 12.4 Å². The molecule has 0 bridgehead atoms. The first-order valence-electron chi connectivity index (χ1n) is 9.78. The fourth-order valence-electron chi connectivity index (χ4n) is 3.91. The van der Waals surface area contributed by atoms with Crippen LogP contribution in [0.25, 0.3) is 0 Å². The molecule has 2 amide bonds. The van der Waals surface area contributed by atoms with E-state index in [1.165, 1.54) is 28.0 Å². The van der Waals surface area contributed by atoms with Crippen LogP contribution >= 0.6 is 0 Å². The van der Waals surface area contributed by atoms with Crippen LogP contribution < -0.4 is 10.1 Å². The van der Waals surface area contributed by atoms with Crippen molar-refractivity contribution in [1.82, 2.24) is 24.2 Å². The molecular formula is C21H20FN7O3. The minimum atomic E-state index is -0.649. The van der Waals surface area contributed by atoms with Crippen molar-refractivity contribution in [2.24, 2.45) is 14.1 Å². The summed E-state index contributed by atoms with van der Waals surface area (Å²) in [5.74, 6) is -1.03. The van der Waals surface area contributed by atoms with Gasteiger partial charge in [0.15, 0.2) is 0 Å². The third kappa shape index (κ3) is 3.78. The number of carbonyl (C=O) groups excluding carboxylic acids is 2. The predicted octanol–water partition coefficient (Wildman–Crippen LogP) is 2.53. The molecule has 0 saturated carbocycles.